The van der Waals surface area contributed by atoms with Crippen molar-refractivity contribution in [1.82, 2.24) is 0 Å². The molecule has 1 fully saturated rings. The van der Waals surface area contributed by atoms with Crippen molar-refractivity contribution in [3.63, 3.8) is 0 Å². The zero-order chi connectivity index (χ0) is 22.4. The molecular weight excluding hydrogens is 409 g/mol. The van der Waals surface area contributed by atoms with E-state index in [-0.39, 0.29) is 50.6 Å². The second kappa shape index (κ2) is 10.0. The van der Waals surface area contributed by atoms with Crippen molar-refractivity contribution in [2.75, 3.05) is 33.5 Å². The molecule has 10 heteroatoms. The predicted octanol–water partition coefficient (Wildman–Crippen LogP) is 3.14. The Bertz CT molecular complexity index is 756. The van der Waals surface area contributed by atoms with Crippen LogP contribution in [0.2, 0.25) is 0 Å². The van der Waals surface area contributed by atoms with Gasteiger partial charge in [-0.2, -0.15) is 13.2 Å². The second-order valence-electron chi connectivity index (χ2n) is 6.80. The summed E-state index contributed by atoms with van der Waals surface area (Å²) in [4.78, 5) is 25.1. The first kappa shape index (κ1) is 23.8. The van der Waals surface area contributed by atoms with Gasteiger partial charge in [-0.15, -0.1) is 0 Å². The van der Waals surface area contributed by atoms with E-state index in [0.29, 0.717) is 11.1 Å². The Labute approximate surface area is 172 Å². The van der Waals surface area contributed by atoms with Crippen LogP contribution in [0.15, 0.2) is 12.1 Å². The fourth-order valence-electron chi connectivity index (χ4n) is 3.12. The van der Waals surface area contributed by atoms with E-state index >= 15 is 0 Å². The third kappa shape index (κ3) is 6.25. The van der Waals surface area contributed by atoms with Crippen molar-refractivity contribution in [3.05, 3.63) is 23.3 Å². The van der Waals surface area contributed by atoms with Crippen LogP contribution in [-0.4, -0.2) is 57.3 Å². The molecular formula is C20H25F3O7. The quantitative estimate of drug-likeness (QED) is 0.582. The Balaban J connectivity index is 2.17. The van der Waals surface area contributed by atoms with Gasteiger partial charge in [0.05, 0.1) is 33.4 Å². The maximum absolute atomic E-state index is 12.7. The highest BCUT2D eigenvalue weighted by molar-refractivity contribution is 5.84. The molecule has 168 valence electrons. The van der Waals surface area contributed by atoms with E-state index < -0.39 is 30.3 Å². The number of esters is 2. The highest BCUT2D eigenvalue weighted by Crippen LogP contribution is 2.32. The fraction of sp³-hybridized carbons (Fsp3) is 0.600. The van der Waals surface area contributed by atoms with Gasteiger partial charge >= 0.3 is 18.1 Å². The van der Waals surface area contributed by atoms with E-state index in [1.807, 2.05) is 0 Å². The lowest BCUT2D eigenvalue weighted by Crippen LogP contribution is -2.49. The third-order valence-corrected chi connectivity index (χ3v) is 4.61. The highest BCUT2D eigenvalue weighted by atomic mass is 19.4. The number of ether oxygens (including phenoxy) is 5. The zero-order valence-electron chi connectivity index (χ0n) is 17.1. The monoisotopic (exact) mass is 434 g/mol. The number of methoxy groups -OCH3 is 1. The number of alkyl halides is 3. The number of aryl methyl sites for hydroxylation is 1. The van der Waals surface area contributed by atoms with E-state index in [2.05, 4.69) is 0 Å². The highest BCUT2D eigenvalue weighted by Gasteiger charge is 2.45. The summed E-state index contributed by atoms with van der Waals surface area (Å²) in [6, 6.07) is 2.66. The van der Waals surface area contributed by atoms with E-state index in [4.69, 9.17) is 23.7 Å². The predicted molar refractivity (Wildman–Crippen MR) is 98.5 cm³/mol. The van der Waals surface area contributed by atoms with Crippen molar-refractivity contribution >= 4 is 11.9 Å². The summed E-state index contributed by atoms with van der Waals surface area (Å²) < 4.78 is 63.0. The molecule has 0 N–H and O–H groups in total. The number of hydrogen-bond acceptors (Lipinski definition) is 7. The smallest absolute Gasteiger partial charge is 0.422 e. The first-order valence-corrected chi connectivity index (χ1v) is 9.44. The van der Waals surface area contributed by atoms with Gasteiger partial charge in [0.2, 0.25) is 5.60 Å². The molecule has 0 spiro atoms. The molecule has 1 aliphatic rings. The Morgan fingerprint density at radius 1 is 1.20 bits per heavy atom. The maximum atomic E-state index is 12.7. The number of carbonyl (C=O) groups excluding carboxylic acids is 2. The van der Waals surface area contributed by atoms with Gasteiger partial charge in [0.1, 0.15) is 11.5 Å². The van der Waals surface area contributed by atoms with Gasteiger partial charge in [-0.3, -0.25) is 4.79 Å². The first-order chi connectivity index (χ1) is 14.1. The first-order valence-electron chi connectivity index (χ1n) is 9.44. The summed E-state index contributed by atoms with van der Waals surface area (Å²) in [5.74, 6) is -1.16. The molecule has 1 aromatic carbocycles. The number of rotatable bonds is 8. The van der Waals surface area contributed by atoms with E-state index in [1.54, 1.807) is 13.8 Å². The average molecular weight is 434 g/mol. The van der Waals surface area contributed by atoms with Crippen molar-refractivity contribution < 1.29 is 46.4 Å². The molecule has 0 radical (unpaired) electrons. The van der Waals surface area contributed by atoms with Gasteiger partial charge in [0.15, 0.2) is 6.61 Å². The molecule has 2 rings (SSSR count). The molecule has 0 atom stereocenters. The minimum absolute atomic E-state index is 0.0359. The summed E-state index contributed by atoms with van der Waals surface area (Å²) in [6.45, 7) is 2.47. The number of halogens is 3. The molecule has 7 nitrogen and oxygen atoms in total. The van der Waals surface area contributed by atoms with Crippen LogP contribution < -0.4 is 9.47 Å². The minimum Gasteiger partial charge on any atom is -0.496 e. The molecule has 0 aromatic heterocycles. The molecule has 0 unspecified atom stereocenters. The molecule has 1 aromatic rings. The molecule has 0 aliphatic carbocycles. The van der Waals surface area contributed by atoms with Gasteiger partial charge in [0, 0.05) is 24.5 Å². The largest absolute Gasteiger partial charge is 0.496 e. The molecule has 0 amide bonds. The van der Waals surface area contributed by atoms with E-state index in [9.17, 15) is 22.8 Å². The second-order valence-corrected chi connectivity index (χ2v) is 6.80. The summed E-state index contributed by atoms with van der Waals surface area (Å²) in [7, 11) is 1.33. The number of carbonyl (C=O) groups is 2. The van der Waals surface area contributed by atoms with Crippen molar-refractivity contribution in [2.45, 2.75) is 44.9 Å². The minimum atomic E-state index is -4.48. The average Bonchev–Trinajstić information content (AvgIpc) is 2.68. The van der Waals surface area contributed by atoms with Crippen LogP contribution in [0.5, 0.6) is 11.5 Å². The van der Waals surface area contributed by atoms with Crippen LogP contribution in [0.25, 0.3) is 0 Å². The summed E-state index contributed by atoms with van der Waals surface area (Å²) in [5.41, 5.74) is -0.504. The molecule has 1 heterocycles. The Kier molecular flexibility index (Phi) is 7.94. The van der Waals surface area contributed by atoms with E-state index in [1.165, 1.54) is 19.2 Å². The lowest BCUT2D eigenvalue weighted by molar-refractivity contribution is -0.192. The van der Waals surface area contributed by atoms with Crippen LogP contribution >= 0.6 is 0 Å². The Morgan fingerprint density at radius 2 is 1.87 bits per heavy atom. The summed E-state index contributed by atoms with van der Waals surface area (Å²) in [6.07, 6.45) is -4.36. The topological polar surface area (TPSA) is 80.3 Å². The van der Waals surface area contributed by atoms with Crippen LogP contribution in [-0.2, 0) is 30.2 Å². The van der Waals surface area contributed by atoms with Crippen molar-refractivity contribution in [3.8, 4) is 11.5 Å². The normalized spacial score (nSPS) is 15.9. The third-order valence-electron chi connectivity index (χ3n) is 4.61. The van der Waals surface area contributed by atoms with Gasteiger partial charge in [-0.25, -0.2) is 4.79 Å². The Morgan fingerprint density at radius 3 is 2.43 bits per heavy atom. The summed E-state index contributed by atoms with van der Waals surface area (Å²) in [5, 5.41) is 0. The maximum Gasteiger partial charge on any atom is 0.422 e. The molecule has 1 aliphatic heterocycles. The molecule has 0 bridgehead atoms. The van der Waals surface area contributed by atoms with Gasteiger partial charge in [0.25, 0.3) is 0 Å². The van der Waals surface area contributed by atoms with Gasteiger partial charge < -0.3 is 23.7 Å². The van der Waals surface area contributed by atoms with E-state index in [0.717, 1.165) is 0 Å². The van der Waals surface area contributed by atoms with Crippen LogP contribution in [0, 0.1) is 6.92 Å². The zero-order valence-corrected chi connectivity index (χ0v) is 17.1. The van der Waals surface area contributed by atoms with Crippen LogP contribution in [0.1, 0.15) is 30.9 Å². The SMILES string of the molecule is CCOC(=O)C1(OC(=O)Cc2c(C)cc(OCC(F)(F)F)cc2OC)CCOCC1. The molecule has 1 saturated heterocycles. The standard InChI is InChI=1S/C20H25F3O7/c1-4-28-18(25)19(5-7-27-8-6-19)30-17(24)11-15-13(2)9-14(10-16(15)26-3)29-12-20(21,22)23/h9-10H,4-8,11-12H2,1-3H3. The molecule has 0 saturated carbocycles. The fourth-order valence-corrected chi connectivity index (χ4v) is 3.12. The lowest BCUT2D eigenvalue weighted by atomic mass is 9.94. The van der Waals surface area contributed by atoms with Gasteiger partial charge in [-0.1, -0.05) is 0 Å². The van der Waals surface area contributed by atoms with Crippen LogP contribution in [0.4, 0.5) is 13.2 Å². The molecule has 30 heavy (non-hydrogen) atoms. The summed E-state index contributed by atoms with van der Waals surface area (Å²) >= 11 is 0. The Hall–Kier alpha value is -2.49. The number of benzene rings is 1. The van der Waals surface area contributed by atoms with Crippen molar-refractivity contribution in [1.29, 1.82) is 0 Å². The van der Waals surface area contributed by atoms with Gasteiger partial charge in [-0.05, 0) is 25.5 Å². The lowest BCUT2D eigenvalue weighted by Gasteiger charge is -2.34. The van der Waals surface area contributed by atoms with Crippen molar-refractivity contribution in [2.24, 2.45) is 0 Å². The number of hydrogen-bond donors (Lipinski definition) is 0. The van der Waals surface area contributed by atoms with Crippen LogP contribution in [0.3, 0.4) is 0 Å².